The van der Waals surface area contributed by atoms with E-state index >= 15 is 0 Å². The fourth-order valence-corrected chi connectivity index (χ4v) is 0. The molecule has 4 heavy (non-hydrogen) atoms. The molecule has 0 fully saturated rings. The minimum Gasteiger partial charge on any atom is -0.693 e. The Morgan fingerprint density at radius 3 is 1.00 bits per heavy atom. The fraction of sp³-hybridized carbons (Fsp3) is 0. The second kappa shape index (κ2) is 93.6. The second-order valence-electron chi connectivity index (χ2n) is 0. The predicted molar refractivity (Wildman–Crippen MR) is 13.7 cm³/mol. The summed E-state index contributed by atoms with van der Waals surface area (Å²) in [5.41, 5.74) is 0. The van der Waals surface area contributed by atoms with Crippen molar-refractivity contribution in [1.29, 1.82) is 0 Å². The molecule has 0 aromatic heterocycles. The molecular formula is H6LiN3. The molecule has 0 spiro atoms. The Hall–Kier alpha value is 0.477. The van der Waals surface area contributed by atoms with E-state index in [1.165, 1.54) is 0 Å². The summed E-state index contributed by atoms with van der Waals surface area (Å²) in [6, 6.07) is 0. The molecule has 0 amide bonds. The first-order chi connectivity index (χ1) is 1.00. The molecule has 0 heterocycles. The van der Waals surface area contributed by atoms with Gasteiger partial charge in [0.1, 0.15) is 0 Å². The van der Waals surface area contributed by atoms with Crippen LogP contribution < -0.4 is 30.5 Å². The van der Waals surface area contributed by atoms with Crippen molar-refractivity contribution in [3.05, 3.63) is 6.15 Å². The summed E-state index contributed by atoms with van der Waals surface area (Å²) in [6.45, 7) is 0. The summed E-state index contributed by atoms with van der Waals surface area (Å²) in [4.78, 5) is 0. The summed E-state index contributed by atoms with van der Waals surface area (Å²) in [5, 5.41) is 0. The van der Waals surface area contributed by atoms with Gasteiger partial charge in [0.05, 0.1) is 0 Å². The molecule has 0 rings (SSSR count). The van der Waals surface area contributed by atoms with Gasteiger partial charge in [-0.3, -0.25) is 11.7 Å². The van der Waals surface area contributed by atoms with E-state index in [-0.39, 0.29) is 25.0 Å². The quantitative estimate of drug-likeness (QED) is 0.171. The van der Waals surface area contributed by atoms with Crippen LogP contribution in [0, 0.1) is 0 Å². The maximum atomic E-state index is 4.00. The van der Waals surface area contributed by atoms with E-state index in [1.807, 2.05) is 0 Å². The van der Waals surface area contributed by atoms with Crippen LogP contribution in [0.3, 0.4) is 0 Å². The predicted octanol–water partition coefficient (Wildman–Crippen LogP) is -3.46. The van der Waals surface area contributed by atoms with Crippen LogP contribution in [0.2, 0.25) is 0 Å². The first-order valence-electron chi connectivity index (χ1n) is 0.333. The van der Waals surface area contributed by atoms with Gasteiger partial charge in [0.2, 0.25) is 0 Å². The molecule has 3 nitrogen and oxygen atoms in total. The van der Waals surface area contributed by atoms with Gasteiger partial charge in [-0.1, -0.05) is 0 Å². The van der Waals surface area contributed by atoms with Gasteiger partial charge in [0.15, 0.2) is 0 Å². The number of hydrogen-bond acceptors (Lipinski definition) is 2. The molecule has 0 saturated heterocycles. The van der Waals surface area contributed by atoms with Crippen molar-refractivity contribution in [3.8, 4) is 0 Å². The van der Waals surface area contributed by atoms with Gasteiger partial charge in [-0.25, -0.2) is 0 Å². The van der Waals surface area contributed by atoms with Crippen LogP contribution in [-0.4, -0.2) is 0 Å². The Morgan fingerprint density at radius 2 is 1.00 bits per heavy atom. The van der Waals surface area contributed by atoms with Crippen molar-refractivity contribution in [1.82, 2.24) is 0 Å². The summed E-state index contributed by atoms with van der Waals surface area (Å²) in [6.07, 6.45) is 0. The second-order valence-corrected chi connectivity index (χ2v) is 0. The molecule has 0 aliphatic carbocycles. The van der Waals surface area contributed by atoms with Crippen LogP contribution in [0.5, 0.6) is 0 Å². The molecule has 0 bridgehead atoms. The molecule has 0 radical (unpaired) electrons. The Balaban J connectivity index is -0.00000000500. The van der Waals surface area contributed by atoms with Crippen LogP contribution in [0.4, 0.5) is 0 Å². The first-order valence-corrected chi connectivity index (χ1v) is 0.333. The first kappa shape index (κ1) is 24.8. The third-order valence-electron chi connectivity index (χ3n) is 0. The Labute approximate surface area is 37.5 Å². The van der Waals surface area contributed by atoms with E-state index in [4.69, 9.17) is 0 Å². The average molecular weight is 55.0 g/mol. The molecule has 0 aromatic rings. The van der Waals surface area contributed by atoms with E-state index in [0.717, 1.165) is 0 Å². The summed E-state index contributed by atoms with van der Waals surface area (Å²) < 4.78 is 0. The SMILES string of the molecule is NN.[Li+].[NH2-]. The van der Waals surface area contributed by atoms with Crippen molar-refractivity contribution < 1.29 is 18.9 Å². The fourth-order valence-electron chi connectivity index (χ4n) is 0. The molecule has 0 atom stereocenters. The van der Waals surface area contributed by atoms with Crippen LogP contribution in [0.1, 0.15) is 0 Å². The minimum atomic E-state index is 0. The molecular weight excluding hydrogens is 49.0 g/mol. The van der Waals surface area contributed by atoms with Gasteiger partial charge in [-0.15, -0.1) is 0 Å². The monoisotopic (exact) mass is 55.1 g/mol. The Morgan fingerprint density at radius 1 is 1.00 bits per heavy atom. The van der Waals surface area contributed by atoms with Crippen LogP contribution in [0.25, 0.3) is 6.15 Å². The van der Waals surface area contributed by atoms with Gasteiger partial charge in [-0.05, 0) is 0 Å². The smallest absolute Gasteiger partial charge is 0.693 e. The number of hydrazine groups is 1. The number of hydrogen-bond donors (Lipinski definition) is 2. The molecule has 6 N–H and O–H groups in total. The zero-order chi connectivity index (χ0) is 2.00. The zero-order valence-electron chi connectivity index (χ0n) is 2.73. The van der Waals surface area contributed by atoms with Gasteiger partial charge in [0, 0.05) is 0 Å². The third kappa shape index (κ3) is 23.7. The topological polar surface area (TPSA) is 85.5 Å². The van der Waals surface area contributed by atoms with Crippen molar-refractivity contribution in [3.63, 3.8) is 0 Å². The summed E-state index contributed by atoms with van der Waals surface area (Å²) in [7, 11) is 0. The van der Waals surface area contributed by atoms with Gasteiger partial charge in [-0.2, -0.15) is 0 Å². The largest absolute Gasteiger partial charge is 1.00 e. The standard InChI is InChI=1S/Li.H4N2.H2N/c;1-2;/h;1-2H2;1H2/q+1;;-1. The normalized spacial score (nSPS) is 1.50. The molecule has 0 aromatic carbocycles. The van der Waals surface area contributed by atoms with E-state index < -0.39 is 0 Å². The minimum absolute atomic E-state index is 0. The molecule has 0 unspecified atom stereocenters. The zero-order valence-corrected chi connectivity index (χ0v) is 2.73. The van der Waals surface area contributed by atoms with Crippen molar-refractivity contribution in [2.75, 3.05) is 0 Å². The van der Waals surface area contributed by atoms with E-state index in [1.54, 1.807) is 0 Å². The Bertz CT molecular complexity index is 3.25. The van der Waals surface area contributed by atoms with Crippen molar-refractivity contribution in [2.45, 2.75) is 0 Å². The van der Waals surface area contributed by atoms with Crippen molar-refractivity contribution >= 4 is 0 Å². The average Bonchev–Trinajstić information content (AvgIpc) is 1.00. The molecule has 0 aliphatic heterocycles. The van der Waals surface area contributed by atoms with Crippen LogP contribution >= 0.6 is 0 Å². The van der Waals surface area contributed by atoms with Crippen LogP contribution in [-0.2, 0) is 0 Å². The maximum Gasteiger partial charge on any atom is 1.00 e. The van der Waals surface area contributed by atoms with E-state index in [2.05, 4.69) is 11.7 Å². The molecule has 0 saturated carbocycles. The maximum absolute atomic E-state index is 4.00. The van der Waals surface area contributed by atoms with Crippen molar-refractivity contribution in [2.24, 2.45) is 11.7 Å². The van der Waals surface area contributed by atoms with E-state index in [9.17, 15) is 0 Å². The molecule has 22 valence electrons. The third-order valence-corrected chi connectivity index (χ3v) is 0. The van der Waals surface area contributed by atoms with Crippen LogP contribution in [0.15, 0.2) is 0 Å². The molecule has 0 aliphatic rings. The summed E-state index contributed by atoms with van der Waals surface area (Å²) in [5.74, 6) is 8.00. The van der Waals surface area contributed by atoms with Gasteiger partial charge < -0.3 is 6.15 Å². The Kier molecular flexibility index (Phi) is 581. The molecule has 4 heteroatoms. The number of nitrogens with two attached hydrogens (primary N) is 3. The number of rotatable bonds is 0. The van der Waals surface area contributed by atoms with Gasteiger partial charge in [0.25, 0.3) is 0 Å². The summed E-state index contributed by atoms with van der Waals surface area (Å²) >= 11 is 0. The van der Waals surface area contributed by atoms with Gasteiger partial charge >= 0.3 is 18.9 Å². The van der Waals surface area contributed by atoms with E-state index in [0.29, 0.717) is 0 Å².